The van der Waals surface area contributed by atoms with Crippen LogP contribution in [0.3, 0.4) is 0 Å². The number of rotatable bonds is 4. The van der Waals surface area contributed by atoms with Gasteiger partial charge < -0.3 is 10.5 Å². The Balaban J connectivity index is 2.10. The number of nitrogens with zero attached hydrogens (tertiary/aromatic N) is 2. The standard InChI is InChI=1S/C16H13N3O3/c1-10(18)12(8-17)15(20)9-22-16(21)14-7-6-11-4-2-3-5-13(11)19-14/h2-7H,9,18H2,1H3. The second-order valence-electron chi connectivity index (χ2n) is 4.56. The number of nitriles is 1. The molecule has 0 atom stereocenters. The lowest BCUT2D eigenvalue weighted by atomic mass is 10.1. The Morgan fingerprint density at radius 1 is 1.27 bits per heavy atom. The second kappa shape index (κ2) is 6.50. The molecule has 0 aliphatic heterocycles. The summed E-state index contributed by atoms with van der Waals surface area (Å²) in [7, 11) is 0. The van der Waals surface area contributed by atoms with Crippen LogP contribution in [0.25, 0.3) is 10.9 Å². The van der Waals surface area contributed by atoms with Crippen molar-refractivity contribution in [1.29, 1.82) is 5.26 Å². The fourth-order valence-corrected chi connectivity index (χ4v) is 1.83. The SMILES string of the molecule is CC(N)=C(C#N)C(=O)COC(=O)c1ccc2ccccc2n1. The van der Waals surface area contributed by atoms with E-state index in [2.05, 4.69) is 4.98 Å². The van der Waals surface area contributed by atoms with E-state index in [1.807, 2.05) is 18.2 Å². The molecule has 0 radical (unpaired) electrons. The maximum absolute atomic E-state index is 11.9. The van der Waals surface area contributed by atoms with Gasteiger partial charge in [-0.3, -0.25) is 4.79 Å². The summed E-state index contributed by atoms with van der Waals surface area (Å²) >= 11 is 0. The van der Waals surface area contributed by atoms with E-state index in [4.69, 9.17) is 15.7 Å². The molecular formula is C16H13N3O3. The topological polar surface area (TPSA) is 106 Å². The molecule has 0 unspecified atom stereocenters. The zero-order chi connectivity index (χ0) is 16.1. The second-order valence-corrected chi connectivity index (χ2v) is 4.56. The summed E-state index contributed by atoms with van der Waals surface area (Å²) in [5.41, 5.74) is 6.04. The lowest BCUT2D eigenvalue weighted by Crippen LogP contribution is -2.18. The predicted molar refractivity (Wildman–Crippen MR) is 79.5 cm³/mol. The van der Waals surface area contributed by atoms with Crippen LogP contribution in [0.4, 0.5) is 0 Å². The maximum atomic E-state index is 11.9. The van der Waals surface area contributed by atoms with Crippen LogP contribution >= 0.6 is 0 Å². The number of ketones is 1. The van der Waals surface area contributed by atoms with E-state index >= 15 is 0 Å². The number of carbonyl (C=O) groups excluding carboxylic acids is 2. The molecule has 0 saturated carbocycles. The average molecular weight is 295 g/mol. The van der Waals surface area contributed by atoms with Gasteiger partial charge in [0.15, 0.2) is 6.61 Å². The van der Waals surface area contributed by atoms with Crippen LogP contribution in [0.15, 0.2) is 47.7 Å². The number of para-hydroxylation sites is 1. The summed E-state index contributed by atoms with van der Waals surface area (Å²) in [5, 5.41) is 9.70. The molecule has 0 amide bonds. The number of hydrogen-bond donors (Lipinski definition) is 1. The number of esters is 1. The van der Waals surface area contributed by atoms with Gasteiger partial charge in [-0.05, 0) is 19.1 Å². The van der Waals surface area contributed by atoms with Gasteiger partial charge in [0.2, 0.25) is 5.78 Å². The largest absolute Gasteiger partial charge is 0.453 e. The first-order chi connectivity index (χ1) is 10.5. The summed E-state index contributed by atoms with van der Waals surface area (Å²) in [5.74, 6) is -1.37. The van der Waals surface area contributed by atoms with E-state index < -0.39 is 18.4 Å². The number of Topliss-reactive ketones (excluding diaryl/α,β-unsaturated/α-hetero) is 1. The van der Waals surface area contributed by atoms with Gasteiger partial charge in [-0.15, -0.1) is 0 Å². The van der Waals surface area contributed by atoms with E-state index in [1.165, 1.54) is 13.0 Å². The van der Waals surface area contributed by atoms with Crippen molar-refractivity contribution in [3.63, 3.8) is 0 Å². The predicted octanol–water partition coefficient (Wildman–Crippen LogP) is 1.72. The van der Waals surface area contributed by atoms with Crippen molar-refractivity contribution in [2.75, 3.05) is 6.61 Å². The normalized spacial score (nSPS) is 11.5. The smallest absolute Gasteiger partial charge is 0.357 e. The molecule has 2 rings (SSSR count). The monoisotopic (exact) mass is 295 g/mol. The van der Waals surface area contributed by atoms with Gasteiger partial charge in [0.25, 0.3) is 0 Å². The van der Waals surface area contributed by atoms with Gasteiger partial charge in [-0.1, -0.05) is 24.3 Å². The van der Waals surface area contributed by atoms with E-state index in [-0.39, 0.29) is 17.0 Å². The number of benzene rings is 1. The third kappa shape index (κ3) is 3.27. The molecule has 2 aromatic rings. The fourth-order valence-electron chi connectivity index (χ4n) is 1.83. The lowest BCUT2D eigenvalue weighted by Gasteiger charge is -2.05. The number of fused-ring (bicyclic) bond motifs is 1. The van der Waals surface area contributed by atoms with Gasteiger partial charge >= 0.3 is 5.97 Å². The highest BCUT2D eigenvalue weighted by atomic mass is 16.5. The molecule has 1 heterocycles. The third-order valence-corrected chi connectivity index (χ3v) is 2.93. The van der Waals surface area contributed by atoms with Crippen molar-refractivity contribution < 1.29 is 14.3 Å². The van der Waals surface area contributed by atoms with Crippen LogP contribution in [0.2, 0.25) is 0 Å². The molecule has 1 aromatic heterocycles. The number of nitrogens with two attached hydrogens (primary N) is 1. The van der Waals surface area contributed by atoms with Crippen LogP contribution < -0.4 is 5.73 Å². The first kappa shape index (κ1) is 15.2. The highest BCUT2D eigenvalue weighted by Gasteiger charge is 2.16. The Morgan fingerprint density at radius 2 is 2.00 bits per heavy atom. The molecule has 0 fully saturated rings. The number of carbonyl (C=O) groups is 2. The molecule has 22 heavy (non-hydrogen) atoms. The van der Waals surface area contributed by atoms with E-state index in [0.717, 1.165) is 5.39 Å². The third-order valence-electron chi connectivity index (χ3n) is 2.93. The van der Waals surface area contributed by atoms with Crippen molar-refractivity contribution in [3.8, 4) is 6.07 Å². The highest BCUT2D eigenvalue weighted by molar-refractivity contribution is 6.02. The molecule has 6 heteroatoms. The number of allylic oxidation sites excluding steroid dienone is 1. The molecule has 0 aliphatic carbocycles. The summed E-state index contributed by atoms with van der Waals surface area (Å²) in [6, 6.07) is 12.3. The van der Waals surface area contributed by atoms with Gasteiger partial charge in [0, 0.05) is 11.1 Å². The molecule has 0 aliphatic rings. The molecule has 0 saturated heterocycles. The zero-order valence-corrected chi connectivity index (χ0v) is 11.9. The molecule has 110 valence electrons. The average Bonchev–Trinajstić information content (AvgIpc) is 2.52. The van der Waals surface area contributed by atoms with Gasteiger partial charge in [0.05, 0.1) is 5.52 Å². The van der Waals surface area contributed by atoms with E-state index in [1.54, 1.807) is 18.2 Å². The molecule has 6 nitrogen and oxygen atoms in total. The van der Waals surface area contributed by atoms with Crippen LogP contribution in [0.1, 0.15) is 17.4 Å². The lowest BCUT2D eigenvalue weighted by molar-refractivity contribution is -0.118. The van der Waals surface area contributed by atoms with Crippen molar-refractivity contribution in [1.82, 2.24) is 4.98 Å². The number of aromatic nitrogens is 1. The van der Waals surface area contributed by atoms with Crippen molar-refractivity contribution in [2.45, 2.75) is 6.92 Å². The van der Waals surface area contributed by atoms with Crippen LogP contribution in [-0.4, -0.2) is 23.3 Å². The molecule has 0 spiro atoms. The number of hydrogen-bond acceptors (Lipinski definition) is 6. The highest BCUT2D eigenvalue weighted by Crippen LogP contribution is 2.12. The minimum absolute atomic E-state index is 0.0902. The molecular weight excluding hydrogens is 282 g/mol. The van der Waals surface area contributed by atoms with E-state index in [0.29, 0.717) is 5.52 Å². The van der Waals surface area contributed by atoms with E-state index in [9.17, 15) is 9.59 Å². The Morgan fingerprint density at radius 3 is 2.68 bits per heavy atom. The van der Waals surface area contributed by atoms with Crippen molar-refractivity contribution in [3.05, 3.63) is 53.4 Å². The Labute approximate surface area is 126 Å². The summed E-state index contributed by atoms with van der Waals surface area (Å²) < 4.78 is 4.88. The summed E-state index contributed by atoms with van der Waals surface area (Å²) in [4.78, 5) is 27.8. The van der Waals surface area contributed by atoms with Crippen LogP contribution in [0.5, 0.6) is 0 Å². The Bertz CT molecular complexity index is 815. The summed E-state index contributed by atoms with van der Waals surface area (Å²) in [6.07, 6.45) is 0. The van der Waals surface area contributed by atoms with Crippen LogP contribution in [0, 0.1) is 11.3 Å². The first-order valence-electron chi connectivity index (χ1n) is 6.45. The number of pyridine rings is 1. The first-order valence-corrected chi connectivity index (χ1v) is 6.45. The van der Waals surface area contributed by atoms with Gasteiger partial charge in [0.1, 0.15) is 17.3 Å². The minimum Gasteiger partial charge on any atom is -0.453 e. The van der Waals surface area contributed by atoms with Crippen LogP contribution in [-0.2, 0) is 9.53 Å². The van der Waals surface area contributed by atoms with Crippen molar-refractivity contribution in [2.24, 2.45) is 5.73 Å². The maximum Gasteiger partial charge on any atom is 0.357 e. The van der Waals surface area contributed by atoms with Gasteiger partial charge in [-0.25, -0.2) is 9.78 Å². The fraction of sp³-hybridized carbons (Fsp3) is 0.125. The van der Waals surface area contributed by atoms with Gasteiger partial charge in [-0.2, -0.15) is 5.26 Å². The zero-order valence-electron chi connectivity index (χ0n) is 11.9. The molecule has 0 bridgehead atoms. The molecule has 1 aromatic carbocycles. The number of ether oxygens (including phenoxy) is 1. The Hall–Kier alpha value is -3.20. The minimum atomic E-state index is -0.730. The summed E-state index contributed by atoms with van der Waals surface area (Å²) in [6.45, 7) is 0.883. The Kier molecular flexibility index (Phi) is 4.49. The molecule has 2 N–H and O–H groups in total. The quantitative estimate of drug-likeness (QED) is 0.523. The van der Waals surface area contributed by atoms with Crippen molar-refractivity contribution >= 4 is 22.7 Å².